The van der Waals surface area contributed by atoms with Gasteiger partial charge in [0, 0.05) is 12.2 Å². The number of para-hydroxylation sites is 1. The van der Waals surface area contributed by atoms with Crippen molar-refractivity contribution in [3.8, 4) is 5.75 Å². The van der Waals surface area contributed by atoms with Gasteiger partial charge in [0.1, 0.15) is 11.9 Å². The summed E-state index contributed by atoms with van der Waals surface area (Å²) in [4.78, 5) is 0. The lowest BCUT2D eigenvalue weighted by Gasteiger charge is -2.15. The number of aliphatic hydroxyl groups excluding tert-OH is 1. The van der Waals surface area contributed by atoms with Gasteiger partial charge < -0.3 is 19.3 Å². The zero-order valence-corrected chi connectivity index (χ0v) is 12.5. The first-order chi connectivity index (χ1) is 9.79. The summed E-state index contributed by atoms with van der Waals surface area (Å²) in [6, 6.07) is 7.49. The van der Waals surface area contributed by atoms with E-state index >= 15 is 0 Å². The van der Waals surface area contributed by atoms with Crippen LogP contribution in [0.3, 0.4) is 0 Å². The predicted octanol–water partition coefficient (Wildman–Crippen LogP) is 2.95. The summed E-state index contributed by atoms with van der Waals surface area (Å²) in [5.74, 6) is 0.713. The van der Waals surface area contributed by atoms with Crippen LogP contribution in [0, 0.1) is 0 Å². The summed E-state index contributed by atoms with van der Waals surface area (Å²) in [5.41, 5.74) is 0.765. The van der Waals surface area contributed by atoms with Crippen LogP contribution in [-0.2, 0) is 9.47 Å². The summed E-state index contributed by atoms with van der Waals surface area (Å²) in [7, 11) is 0. The lowest BCUT2D eigenvalue weighted by Crippen LogP contribution is -2.12. The average Bonchev–Trinajstić information content (AvgIpc) is 2.47. The van der Waals surface area contributed by atoms with Crippen molar-refractivity contribution in [2.24, 2.45) is 0 Å². The third kappa shape index (κ3) is 6.37. The van der Waals surface area contributed by atoms with E-state index in [0.29, 0.717) is 25.6 Å². The van der Waals surface area contributed by atoms with Gasteiger partial charge in [-0.25, -0.2) is 0 Å². The molecule has 0 saturated carbocycles. The number of unbranched alkanes of at least 4 members (excludes halogenated alkanes) is 1. The Labute approximate surface area is 121 Å². The zero-order chi connectivity index (χ0) is 14.6. The van der Waals surface area contributed by atoms with Crippen LogP contribution in [-0.4, -0.2) is 38.1 Å². The fourth-order valence-corrected chi connectivity index (χ4v) is 1.79. The molecule has 0 saturated heterocycles. The minimum atomic E-state index is -0.673. The van der Waals surface area contributed by atoms with Crippen molar-refractivity contribution < 1.29 is 19.3 Å². The van der Waals surface area contributed by atoms with Crippen molar-refractivity contribution in [3.05, 3.63) is 29.8 Å². The molecule has 0 bridgehead atoms. The van der Waals surface area contributed by atoms with Crippen LogP contribution in [0.1, 0.15) is 38.4 Å². The third-order valence-electron chi connectivity index (χ3n) is 2.87. The Morgan fingerprint density at radius 3 is 2.55 bits per heavy atom. The standard InChI is InChI=1S/C16H26O4/c1-3-5-10-18-11-12-19-13-15(17)14-8-6-7-9-16(14)20-4-2/h6-9,15,17H,3-5,10-13H2,1-2H3. The summed E-state index contributed by atoms with van der Waals surface area (Å²) < 4.78 is 16.3. The predicted molar refractivity (Wildman–Crippen MR) is 79.1 cm³/mol. The molecule has 4 heteroatoms. The number of aliphatic hydroxyl groups is 1. The molecule has 1 unspecified atom stereocenters. The van der Waals surface area contributed by atoms with Crippen LogP contribution in [0.2, 0.25) is 0 Å². The third-order valence-corrected chi connectivity index (χ3v) is 2.87. The lowest BCUT2D eigenvalue weighted by atomic mass is 10.1. The molecule has 20 heavy (non-hydrogen) atoms. The Morgan fingerprint density at radius 1 is 1.05 bits per heavy atom. The second-order valence-corrected chi connectivity index (χ2v) is 4.53. The fourth-order valence-electron chi connectivity index (χ4n) is 1.79. The van der Waals surface area contributed by atoms with E-state index in [1.54, 1.807) is 0 Å². The monoisotopic (exact) mass is 282 g/mol. The second kappa shape index (κ2) is 10.7. The molecule has 0 amide bonds. The number of hydrogen-bond donors (Lipinski definition) is 1. The average molecular weight is 282 g/mol. The van der Waals surface area contributed by atoms with Gasteiger partial charge >= 0.3 is 0 Å². The smallest absolute Gasteiger partial charge is 0.125 e. The van der Waals surface area contributed by atoms with Crippen LogP contribution < -0.4 is 4.74 Å². The van der Waals surface area contributed by atoms with E-state index in [2.05, 4.69) is 6.92 Å². The van der Waals surface area contributed by atoms with Gasteiger partial charge in [0.25, 0.3) is 0 Å². The van der Waals surface area contributed by atoms with Crippen molar-refractivity contribution in [2.75, 3.05) is 33.0 Å². The van der Waals surface area contributed by atoms with Crippen LogP contribution in [0.4, 0.5) is 0 Å². The van der Waals surface area contributed by atoms with Crippen molar-refractivity contribution >= 4 is 0 Å². The van der Waals surface area contributed by atoms with Crippen LogP contribution in [0.15, 0.2) is 24.3 Å². The molecular weight excluding hydrogens is 256 g/mol. The molecule has 0 heterocycles. The molecule has 0 aliphatic rings. The topological polar surface area (TPSA) is 47.9 Å². The summed E-state index contributed by atoms with van der Waals surface area (Å²) >= 11 is 0. The Kier molecular flexibility index (Phi) is 9.04. The number of hydrogen-bond acceptors (Lipinski definition) is 4. The van der Waals surface area contributed by atoms with Gasteiger partial charge in [0.15, 0.2) is 0 Å². The van der Waals surface area contributed by atoms with Gasteiger partial charge in [0.2, 0.25) is 0 Å². The molecular formula is C16H26O4. The molecule has 0 aliphatic heterocycles. The van der Waals surface area contributed by atoms with E-state index in [9.17, 15) is 5.11 Å². The minimum Gasteiger partial charge on any atom is -0.493 e. The van der Waals surface area contributed by atoms with Crippen molar-refractivity contribution in [3.63, 3.8) is 0 Å². The molecule has 0 spiro atoms. The highest BCUT2D eigenvalue weighted by Gasteiger charge is 2.12. The van der Waals surface area contributed by atoms with Crippen LogP contribution in [0.25, 0.3) is 0 Å². The molecule has 1 aromatic carbocycles. The molecule has 1 N–H and O–H groups in total. The Morgan fingerprint density at radius 2 is 1.80 bits per heavy atom. The summed E-state index contributed by atoms with van der Waals surface area (Å²) in [6.45, 7) is 6.73. The van der Waals surface area contributed by atoms with Gasteiger partial charge in [-0.15, -0.1) is 0 Å². The quantitative estimate of drug-likeness (QED) is 0.634. The van der Waals surface area contributed by atoms with Gasteiger partial charge in [-0.2, -0.15) is 0 Å². The molecule has 1 atom stereocenters. The molecule has 0 radical (unpaired) electrons. The molecule has 0 aromatic heterocycles. The Balaban J connectivity index is 2.27. The van der Waals surface area contributed by atoms with Gasteiger partial charge in [-0.1, -0.05) is 31.5 Å². The fraction of sp³-hybridized carbons (Fsp3) is 0.625. The van der Waals surface area contributed by atoms with E-state index in [0.717, 1.165) is 25.0 Å². The molecule has 1 rings (SSSR count). The van der Waals surface area contributed by atoms with Crippen molar-refractivity contribution in [2.45, 2.75) is 32.8 Å². The molecule has 1 aromatic rings. The maximum atomic E-state index is 10.1. The SMILES string of the molecule is CCCCOCCOCC(O)c1ccccc1OCC. The molecule has 0 aliphatic carbocycles. The van der Waals surface area contributed by atoms with Gasteiger partial charge in [0.05, 0.1) is 26.4 Å². The maximum Gasteiger partial charge on any atom is 0.125 e. The van der Waals surface area contributed by atoms with E-state index < -0.39 is 6.10 Å². The zero-order valence-electron chi connectivity index (χ0n) is 12.5. The van der Waals surface area contributed by atoms with E-state index in [4.69, 9.17) is 14.2 Å². The summed E-state index contributed by atoms with van der Waals surface area (Å²) in [6.07, 6.45) is 1.53. The first-order valence-electron chi connectivity index (χ1n) is 7.34. The lowest BCUT2D eigenvalue weighted by molar-refractivity contribution is 0.00200. The van der Waals surface area contributed by atoms with E-state index in [-0.39, 0.29) is 6.61 Å². The number of ether oxygens (including phenoxy) is 3. The summed E-state index contributed by atoms with van der Waals surface area (Å²) in [5, 5.41) is 10.1. The van der Waals surface area contributed by atoms with Crippen LogP contribution in [0.5, 0.6) is 5.75 Å². The molecule has 4 nitrogen and oxygen atoms in total. The van der Waals surface area contributed by atoms with E-state index in [1.165, 1.54) is 0 Å². The highest BCUT2D eigenvalue weighted by atomic mass is 16.5. The van der Waals surface area contributed by atoms with Gasteiger partial charge in [-0.3, -0.25) is 0 Å². The van der Waals surface area contributed by atoms with Crippen LogP contribution >= 0.6 is 0 Å². The van der Waals surface area contributed by atoms with E-state index in [1.807, 2.05) is 31.2 Å². The first-order valence-corrected chi connectivity index (χ1v) is 7.34. The number of benzene rings is 1. The largest absolute Gasteiger partial charge is 0.493 e. The van der Waals surface area contributed by atoms with Crippen molar-refractivity contribution in [1.82, 2.24) is 0 Å². The van der Waals surface area contributed by atoms with Crippen molar-refractivity contribution in [1.29, 1.82) is 0 Å². The highest BCUT2D eigenvalue weighted by Crippen LogP contribution is 2.25. The second-order valence-electron chi connectivity index (χ2n) is 4.53. The number of rotatable bonds is 11. The molecule has 114 valence electrons. The Hall–Kier alpha value is -1.10. The normalized spacial score (nSPS) is 12.3. The minimum absolute atomic E-state index is 0.251. The van der Waals surface area contributed by atoms with Gasteiger partial charge in [-0.05, 0) is 19.4 Å². The first kappa shape index (κ1) is 17.0. The molecule has 0 fully saturated rings. The maximum absolute atomic E-state index is 10.1. The Bertz CT molecular complexity index is 354. The highest BCUT2D eigenvalue weighted by molar-refractivity contribution is 5.35.